The number of carbonyl (C=O) groups excluding carboxylic acids is 1. The van der Waals surface area contributed by atoms with E-state index in [1.165, 1.54) is 44.2 Å². The number of nitro groups is 1. The minimum Gasteiger partial charge on any atom is -0.368 e. The highest BCUT2D eigenvalue weighted by Gasteiger charge is 2.34. The monoisotopic (exact) mass is 288 g/mol. The molecule has 0 radical (unpaired) electrons. The molecule has 0 spiro atoms. The standard InChI is InChI=1S/C16H20N2O3/c19-11-13-10-14(18(20)21)7-8-16(13)17-9-3-6-15(17)12-4-1-2-5-12/h7-8,10-12,15H,1-6,9H2. The fourth-order valence-corrected chi connectivity index (χ4v) is 3.94. The van der Waals surface area contributed by atoms with E-state index in [0.29, 0.717) is 17.5 Å². The summed E-state index contributed by atoms with van der Waals surface area (Å²) in [7, 11) is 0. The van der Waals surface area contributed by atoms with Crippen molar-refractivity contribution in [2.45, 2.75) is 44.6 Å². The third-order valence-corrected chi connectivity index (χ3v) is 4.90. The SMILES string of the molecule is O=Cc1cc([N+](=O)[O-])ccc1N1CCCC1C1CCCC1. The van der Waals surface area contributed by atoms with E-state index in [-0.39, 0.29) is 5.69 Å². The van der Waals surface area contributed by atoms with E-state index in [2.05, 4.69) is 4.90 Å². The van der Waals surface area contributed by atoms with Gasteiger partial charge in [-0.3, -0.25) is 14.9 Å². The highest BCUT2D eigenvalue weighted by atomic mass is 16.6. The molecule has 0 N–H and O–H groups in total. The molecular weight excluding hydrogens is 268 g/mol. The van der Waals surface area contributed by atoms with Crippen molar-refractivity contribution in [3.05, 3.63) is 33.9 Å². The summed E-state index contributed by atoms with van der Waals surface area (Å²) < 4.78 is 0. The summed E-state index contributed by atoms with van der Waals surface area (Å²) in [5.41, 5.74) is 1.29. The molecule has 1 unspecified atom stereocenters. The molecule has 3 rings (SSSR count). The summed E-state index contributed by atoms with van der Waals surface area (Å²) >= 11 is 0. The highest BCUT2D eigenvalue weighted by molar-refractivity contribution is 5.86. The number of non-ortho nitro benzene ring substituents is 1. The first-order chi connectivity index (χ1) is 10.2. The second-order valence-electron chi connectivity index (χ2n) is 6.07. The number of nitrogens with zero attached hydrogens (tertiary/aromatic N) is 2. The third-order valence-electron chi connectivity index (χ3n) is 4.90. The van der Waals surface area contributed by atoms with Crippen LogP contribution >= 0.6 is 0 Å². The molecule has 1 aliphatic carbocycles. The van der Waals surface area contributed by atoms with Crippen LogP contribution in [0.25, 0.3) is 0 Å². The van der Waals surface area contributed by atoms with Crippen molar-refractivity contribution in [1.82, 2.24) is 0 Å². The normalized spacial score (nSPS) is 22.7. The molecule has 1 atom stereocenters. The molecule has 5 heteroatoms. The van der Waals surface area contributed by atoms with Gasteiger partial charge in [-0.25, -0.2) is 0 Å². The maximum Gasteiger partial charge on any atom is 0.270 e. The van der Waals surface area contributed by atoms with Crippen LogP contribution in [0.5, 0.6) is 0 Å². The number of carbonyl (C=O) groups is 1. The largest absolute Gasteiger partial charge is 0.368 e. The maximum atomic E-state index is 11.3. The first-order valence-electron chi connectivity index (χ1n) is 7.71. The highest BCUT2D eigenvalue weighted by Crippen LogP contribution is 2.39. The summed E-state index contributed by atoms with van der Waals surface area (Å²) in [6.07, 6.45) is 8.18. The number of nitro benzene ring substituents is 1. The first-order valence-corrected chi connectivity index (χ1v) is 7.71. The summed E-state index contributed by atoms with van der Waals surface area (Å²) in [4.78, 5) is 24.0. The van der Waals surface area contributed by atoms with Crippen molar-refractivity contribution in [2.24, 2.45) is 5.92 Å². The molecule has 1 aromatic rings. The minimum atomic E-state index is -0.449. The maximum absolute atomic E-state index is 11.3. The Hall–Kier alpha value is -1.91. The zero-order valence-electron chi connectivity index (χ0n) is 12.0. The average Bonchev–Trinajstić information content (AvgIpc) is 3.16. The van der Waals surface area contributed by atoms with Crippen molar-refractivity contribution in [1.29, 1.82) is 0 Å². The van der Waals surface area contributed by atoms with E-state index in [1.54, 1.807) is 6.07 Å². The fraction of sp³-hybridized carbons (Fsp3) is 0.562. The number of hydrogen-bond acceptors (Lipinski definition) is 4. The zero-order valence-corrected chi connectivity index (χ0v) is 12.0. The van der Waals surface area contributed by atoms with Gasteiger partial charge in [0.05, 0.1) is 4.92 Å². The van der Waals surface area contributed by atoms with Crippen LogP contribution in [-0.2, 0) is 0 Å². The Labute approximate surface area is 124 Å². The molecule has 112 valence electrons. The lowest BCUT2D eigenvalue weighted by Gasteiger charge is -2.32. The number of aldehydes is 1. The van der Waals surface area contributed by atoms with Crippen LogP contribution in [0.3, 0.4) is 0 Å². The Kier molecular flexibility index (Phi) is 3.90. The third kappa shape index (κ3) is 2.64. The van der Waals surface area contributed by atoms with E-state index in [4.69, 9.17) is 0 Å². The topological polar surface area (TPSA) is 63.4 Å². The summed E-state index contributed by atoms with van der Waals surface area (Å²) in [6.45, 7) is 0.944. The average molecular weight is 288 g/mol. The van der Waals surface area contributed by atoms with Crippen molar-refractivity contribution in [3.8, 4) is 0 Å². The molecular formula is C16H20N2O3. The van der Waals surface area contributed by atoms with Gasteiger partial charge in [0.25, 0.3) is 5.69 Å². The smallest absolute Gasteiger partial charge is 0.270 e. The molecule has 21 heavy (non-hydrogen) atoms. The Bertz CT molecular complexity index is 552. The van der Waals surface area contributed by atoms with Crippen LogP contribution in [0.15, 0.2) is 18.2 Å². The van der Waals surface area contributed by atoms with Gasteiger partial charge in [-0.1, -0.05) is 12.8 Å². The van der Waals surface area contributed by atoms with Crippen molar-refractivity contribution >= 4 is 17.7 Å². The van der Waals surface area contributed by atoms with Crippen LogP contribution in [0, 0.1) is 16.0 Å². The predicted octanol–water partition coefficient (Wildman–Crippen LogP) is 3.57. The van der Waals surface area contributed by atoms with E-state index in [1.807, 2.05) is 0 Å². The lowest BCUT2D eigenvalue weighted by Crippen LogP contribution is -2.35. The molecule has 0 aromatic heterocycles. The Morgan fingerprint density at radius 3 is 2.62 bits per heavy atom. The van der Waals surface area contributed by atoms with Crippen LogP contribution in [0.1, 0.15) is 48.9 Å². The quantitative estimate of drug-likeness (QED) is 0.482. The van der Waals surface area contributed by atoms with Crippen LogP contribution in [0.4, 0.5) is 11.4 Å². The Morgan fingerprint density at radius 1 is 1.19 bits per heavy atom. The van der Waals surface area contributed by atoms with Gasteiger partial charge in [-0.15, -0.1) is 0 Å². The molecule has 1 aliphatic heterocycles. The van der Waals surface area contributed by atoms with Gasteiger partial charge in [-0.2, -0.15) is 0 Å². The summed E-state index contributed by atoms with van der Waals surface area (Å²) in [6, 6.07) is 5.14. The van der Waals surface area contributed by atoms with E-state index >= 15 is 0 Å². The summed E-state index contributed by atoms with van der Waals surface area (Å²) in [5.74, 6) is 0.710. The van der Waals surface area contributed by atoms with Crippen molar-refractivity contribution in [3.63, 3.8) is 0 Å². The van der Waals surface area contributed by atoms with Gasteiger partial charge in [0.15, 0.2) is 6.29 Å². The van der Waals surface area contributed by atoms with E-state index < -0.39 is 4.92 Å². The van der Waals surface area contributed by atoms with Crippen molar-refractivity contribution in [2.75, 3.05) is 11.4 Å². The van der Waals surface area contributed by atoms with Crippen LogP contribution in [0.2, 0.25) is 0 Å². The molecule has 1 saturated carbocycles. The van der Waals surface area contributed by atoms with Gasteiger partial charge in [-0.05, 0) is 37.7 Å². The molecule has 1 saturated heterocycles. The zero-order chi connectivity index (χ0) is 14.8. The van der Waals surface area contributed by atoms with E-state index in [9.17, 15) is 14.9 Å². The van der Waals surface area contributed by atoms with Gasteiger partial charge in [0, 0.05) is 36.0 Å². The van der Waals surface area contributed by atoms with Crippen LogP contribution in [-0.4, -0.2) is 23.8 Å². The van der Waals surface area contributed by atoms with Crippen molar-refractivity contribution < 1.29 is 9.72 Å². The van der Waals surface area contributed by atoms with E-state index in [0.717, 1.165) is 24.9 Å². The molecule has 0 amide bonds. The summed E-state index contributed by atoms with van der Waals surface area (Å²) in [5, 5.41) is 10.9. The number of hydrogen-bond donors (Lipinski definition) is 0. The lowest BCUT2D eigenvalue weighted by molar-refractivity contribution is -0.384. The molecule has 2 aliphatic rings. The van der Waals surface area contributed by atoms with Gasteiger partial charge in [0.2, 0.25) is 0 Å². The number of rotatable bonds is 4. The second-order valence-corrected chi connectivity index (χ2v) is 6.07. The van der Waals surface area contributed by atoms with Gasteiger partial charge in [0.1, 0.15) is 0 Å². The molecule has 5 nitrogen and oxygen atoms in total. The number of anilines is 1. The Morgan fingerprint density at radius 2 is 1.95 bits per heavy atom. The second kappa shape index (κ2) is 5.84. The van der Waals surface area contributed by atoms with Gasteiger partial charge >= 0.3 is 0 Å². The molecule has 2 fully saturated rings. The minimum absolute atomic E-state index is 0.0162. The van der Waals surface area contributed by atoms with Crippen LogP contribution < -0.4 is 4.90 Å². The number of benzene rings is 1. The fourth-order valence-electron chi connectivity index (χ4n) is 3.94. The molecule has 0 bridgehead atoms. The molecule has 1 aromatic carbocycles. The predicted molar refractivity (Wildman–Crippen MR) is 80.8 cm³/mol. The molecule has 1 heterocycles. The Balaban J connectivity index is 1.91. The first kappa shape index (κ1) is 14.0. The lowest BCUT2D eigenvalue weighted by atomic mass is 9.95. The van der Waals surface area contributed by atoms with Gasteiger partial charge < -0.3 is 4.90 Å².